The van der Waals surface area contributed by atoms with Gasteiger partial charge in [0.1, 0.15) is 0 Å². The number of aromatic nitrogens is 2. The van der Waals surface area contributed by atoms with Gasteiger partial charge in [-0.1, -0.05) is 24.3 Å². The Kier molecular flexibility index (Phi) is 6.03. The maximum atomic E-state index is 12.1. The number of anilines is 1. The molecule has 1 heterocycles. The highest BCUT2D eigenvalue weighted by Crippen LogP contribution is 2.13. The zero-order valence-corrected chi connectivity index (χ0v) is 16.1. The molecule has 1 amide bonds. The van der Waals surface area contributed by atoms with Gasteiger partial charge in [0.05, 0.1) is 11.4 Å². The van der Waals surface area contributed by atoms with E-state index in [1.165, 1.54) is 25.3 Å². The van der Waals surface area contributed by atoms with E-state index in [1.807, 2.05) is 41.2 Å². The minimum Gasteiger partial charge on any atom is -0.323 e. The molecule has 1 aromatic heterocycles. The fraction of sp³-hybridized carbons (Fsp3) is 0.100. The molecule has 2 aromatic carbocycles. The average molecular weight is 396 g/mol. The number of hydrogen-bond donors (Lipinski definition) is 2. The lowest BCUT2D eigenvalue weighted by Gasteiger charge is -2.05. The van der Waals surface area contributed by atoms with Gasteiger partial charge >= 0.3 is 0 Å². The maximum absolute atomic E-state index is 12.1. The molecule has 2 N–H and O–H groups in total. The van der Waals surface area contributed by atoms with Crippen LogP contribution in [0.3, 0.4) is 0 Å². The maximum Gasteiger partial charge on any atom is 0.248 e. The molecule has 28 heavy (non-hydrogen) atoms. The van der Waals surface area contributed by atoms with Crippen LogP contribution in [-0.2, 0) is 21.4 Å². The van der Waals surface area contributed by atoms with Crippen molar-refractivity contribution in [3.63, 3.8) is 0 Å². The molecular weight excluding hydrogens is 376 g/mol. The van der Waals surface area contributed by atoms with Crippen molar-refractivity contribution >= 4 is 27.7 Å². The summed E-state index contributed by atoms with van der Waals surface area (Å²) in [4.78, 5) is 12.3. The third kappa shape index (κ3) is 5.15. The van der Waals surface area contributed by atoms with Gasteiger partial charge in [-0.2, -0.15) is 5.10 Å². The molecule has 7 nitrogen and oxygen atoms in total. The van der Waals surface area contributed by atoms with E-state index in [9.17, 15) is 13.2 Å². The van der Waals surface area contributed by atoms with Gasteiger partial charge in [-0.05, 0) is 54.6 Å². The molecule has 0 fully saturated rings. The quantitative estimate of drug-likeness (QED) is 0.600. The second kappa shape index (κ2) is 8.64. The van der Waals surface area contributed by atoms with Crippen LogP contribution in [0.15, 0.2) is 78.0 Å². The number of nitrogens with one attached hydrogen (secondary N) is 2. The number of rotatable bonds is 7. The van der Waals surface area contributed by atoms with Crippen molar-refractivity contribution in [3.8, 4) is 0 Å². The molecule has 0 spiro atoms. The van der Waals surface area contributed by atoms with Crippen LogP contribution in [0, 0.1) is 0 Å². The first kappa shape index (κ1) is 19.5. The van der Waals surface area contributed by atoms with E-state index in [4.69, 9.17) is 0 Å². The Labute approximate surface area is 163 Å². The molecule has 3 rings (SSSR count). The van der Waals surface area contributed by atoms with E-state index in [0.29, 0.717) is 12.2 Å². The van der Waals surface area contributed by atoms with Crippen LogP contribution in [0.4, 0.5) is 5.69 Å². The number of hydrogen-bond acceptors (Lipinski definition) is 4. The number of sulfonamides is 1. The van der Waals surface area contributed by atoms with Crippen molar-refractivity contribution in [2.75, 3.05) is 12.4 Å². The first-order valence-corrected chi connectivity index (χ1v) is 10.0. The van der Waals surface area contributed by atoms with Gasteiger partial charge in [0.2, 0.25) is 15.9 Å². The molecule has 0 bridgehead atoms. The van der Waals surface area contributed by atoms with Crippen LogP contribution in [0.1, 0.15) is 11.1 Å². The second-order valence-corrected chi connectivity index (χ2v) is 7.89. The average Bonchev–Trinajstić information content (AvgIpc) is 3.21. The van der Waals surface area contributed by atoms with Crippen molar-refractivity contribution in [2.24, 2.45) is 0 Å². The van der Waals surface area contributed by atoms with Crippen LogP contribution in [-0.4, -0.2) is 31.2 Å². The summed E-state index contributed by atoms with van der Waals surface area (Å²) in [5.74, 6) is -0.272. The molecule has 0 radical (unpaired) electrons. The lowest BCUT2D eigenvalue weighted by atomic mass is 10.2. The number of carbonyl (C=O) groups excluding carboxylic acids is 1. The first-order valence-electron chi connectivity index (χ1n) is 8.55. The van der Waals surface area contributed by atoms with Gasteiger partial charge < -0.3 is 5.32 Å². The summed E-state index contributed by atoms with van der Waals surface area (Å²) < 4.78 is 27.5. The summed E-state index contributed by atoms with van der Waals surface area (Å²) in [6, 6.07) is 15.7. The Balaban J connectivity index is 1.57. The molecule has 0 saturated carbocycles. The van der Waals surface area contributed by atoms with Gasteiger partial charge in [-0.25, -0.2) is 13.1 Å². The Morgan fingerprint density at radius 2 is 1.82 bits per heavy atom. The molecular formula is C20H20N4O3S. The summed E-state index contributed by atoms with van der Waals surface area (Å²) >= 11 is 0. The van der Waals surface area contributed by atoms with Crippen molar-refractivity contribution in [1.82, 2.24) is 14.5 Å². The normalized spacial score (nSPS) is 11.6. The molecule has 0 atom stereocenters. The van der Waals surface area contributed by atoms with Crippen molar-refractivity contribution in [1.29, 1.82) is 0 Å². The van der Waals surface area contributed by atoms with E-state index in [1.54, 1.807) is 24.4 Å². The van der Waals surface area contributed by atoms with Crippen LogP contribution in [0.2, 0.25) is 0 Å². The highest BCUT2D eigenvalue weighted by Gasteiger charge is 2.09. The van der Waals surface area contributed by atoms with Gasteiger partial charge in [-0.3, -0.25) is 9.48 Å². The molecule has 0 unspecified atom stereocenters. The minimum absolute atomic E-state index is 0.173. The van der Waals surface area contributed by atoms with Crippen LogP contribution in [0.5, 0.6) is 0 Å². The van der Waals surface area contributed by atoms with Gasteiger partial charge in [0, 0.05) is 24.2 Å². The summed E-state index contributed by atoms with van der Waals surface area (Å²) in [5.41, 5.74) is 2.49. The van der Waals surface area contributed by atoms with E-state index in [-0.39, 0.29) is 10.8 Å². The zero-order valence-electron chi connectivity index (χ0n) is 15.2. The molecule has 0 aliphatic rings. The van der Waals surface area contributed by atoms with Crippen molar-refractivity contribution in [2.45, 2.75) is 11.4 Å². The zero-order chi connectivity index (χ0) is 20.0. The fourth-order valence-electron chi connectivity index (χ4n) is 2.51. The lowest BCUT2D eigenvalue weighted by molar-refractivity contribution is -0.111. The topological polar surface area (TPSA) is 93.1 Å². The predicted molar refractivity (Wildman–Crippen MR) is 108 cm³/mol. The van der Waals surface area contributed by atoms with Gasteiger partial charge in [0.15, 0.2) is 0 Å². The Hall–Kier alpha value is -3.23. The Bertz CT molecular complexity index is 1060. The van der Waals surface area contributed by atoms with Crippen LogP contribution < -0.4 is 10.0 Å². The second-order valence-electron chi connectivity index (χ2n) is 6.00. The summed E-state index contributed by atoms with van der Waals surface area (Å²) in [6.07, 6.45) is 6.64. The lowest BCUT2D eigenvalue weighted by Crippen LogP contribution is -2.18. The highest BCUT2D eigenvalue weighted by molar-refractivity contribution is 7.89. The van der Waals surface area contributed by atoms with Crippen molar-refractivity contribution < 1.29 is 13.2 Å². The fourth-order valence-corrected chi connectivity index (χ4v) is 3.24. The van der Waals surface area contributed by atoms with Crippen LogP contribution >= 0.6 is 0 Å². The Morgan fingerprint density at radius 3 is 2.43 bits per heavy atom. The standard InChI is InChI=1S/C20H20N4O3S/c1-21-28(26,27)19-10-5-16(6-11-19)7-12-20(25)23-18-8-3-17(4-9-18)15-24-14-2-13-22-24/h2-14,21H,15H2,1H3,(H,23,25)/b12-7+. The first-order chi connectivity index (χ1) is 13.5. The smallest absolute Gasteiger partial charge is 0.248 e. The number of benzene rings is 2. The number of carbonyl (C=O) groups is 1. The molecule has 144 valence electrons. The van der Waals surface area contributed by atoms with Gasteiger partial charge in [0.25, 0.3) is 0 Å². The molecule has 8 heteroatoms. The van der Waals surface area contributed by atoms with E-state index in [2.05, 4.69) is 15.1 Å². The third-order valence-electron chi connectivity index (χ3n) is 4.01. The highest BCUT2D eigenvalue weighted by atomic mass is 32.2. The van der Waals surface area contributed by atoms with Crippen molar-refractivity contribution in [3.05, 3.63) is 84.2 Å². The summed E-state index contributed by atoms with van der Waals surface area (Å²) in [6.45, 7) is 0.667. The molecule has 0 aliphatic carbocycles. The molecule has 3 aromatic rings. The number of amides is 1. The van der Waals surface area contributed by atoms with E-state index >= 15 is 0 Å². The molecule has 0 aliphatic heterocycles. The predicted octanol–water partition coefficient (Wildman–Crippen LogP) is 2.49. The summed E-state index contributed by atoms with van der Waals surface area (Å²) in [7, 11) is -2.11. The van der Waals surface area contributed by atoms with E-state index < -0.39 is 10.0 Å². The summed E-state index contributed by atoms with van der Waals surface area (Å²) in [5, 5.41) is 6.95. The third-order valence-corrected chi connectivity index (χ3v) is 5.44. The minimum atomic E-state index is -3.47. The largest absolute Gasteiger partial charge is 0.323 e. The van der Waals surface area contributed by atoms with E-state index in [0.717, 1.165) is 11.1 Å². The SMILES string of the molecule is CNS(=O)(=O)c1ccc(/C=C/C(=O)Nc2ccc(Cn3cccn3)cc2)cc1. The Morgan fingerprint density at radius 1 is 1.11 bits per heavy atom. The van der Waals surface area contributed by atoms with Crippen LogP contribution in [0.25, 0.3) is 6.08 Å². The molecule has 0 saturated heterocycles. The number of nitrogens with zero attached hydrogens (tertiary/aromatic N) is 2. The van der Waals surface area contributed by atoms with Gasteiger partial charge in [-0.15, -0.1) is 0 Å². The monoisotopic (exact) mass is 396 g/mol.